The van der Waals surface area contributed by atoms with Crippen LogP contribution >= 0.6 is 0 Å². The van der Waals surface area contributed by atoms with Gasteiger partial charge in [-0.3, -0.25) is 14.3 Å². The van der Waals surface area contributed by atoms with E-state index < -0.39 is 0 Å². The number of hydrogen-bond donors (Lipinski definition) is 2. The van der Waals surface area contributed by atoms with Gasteiger partial charge in [-0.1, -0.05) is 12.1 Å². The summed E-state index contributed by atoms with van der Waals surface area (Å²) in [6, 6.07) is 6.19. The lowest BCUT2D eigenvalue weighted by Gasteiger charge is -2.32. The number of fused-ring (bicyclic) bond motifs is 3. The largest absolute Gasteiger partial charge is 0.393 e. The van der Waals surface area contributed by atoms with E-state index in [0.717, 1.165) is 61.9 Å². The Morgan fingerprint density at radius 2 is 1.81 bits per heavy atom. The van der Waals surface area contributed by atoms with Gasteiger partial charge in [-0.05, 0) is 49.7 Å². The predicted octanol–water partition coefficient (Wildman–Crippen LogP) is 1.75. The molecule has 1 aliphatic carbocycles. The van der Waals surface area contributed by atoms with Crippen molar-refractivity contribution in [2.45, 2.75) is 44.4 Å². The normalized spacial score (nSPS) is 23.5. The van der Waals surface area contributed by atoms with Crippen molar-refractivity contribution in [2.75, 3.05) is 39.0 Å². The van der Waals surface area contributed by atoms with Gasteiger partial charge in [0.25, 0.3) is 5.56 Å². The molecule has 0 bridgehead atoms. The zero-order chi connectivity index (χ0) is 21.5. The molecule has 1 saturated heterocycles. The summed E-state index contributed by atoms with van der Waals surface area (Å²) in [7, 11) is 2.15. The van der Waals surface area contributed by atoms with Crippen LogP contribution < -0.4 is 11.3 Å². The summed E-state index contributed by atoms with van der Waals surface area (Å²) in [5.74, 6) is 0.169. The molecule has 3 aromatic rings. The number of aliphatic hydroxyl groups excluding tert-OH is 1. The van der Waals surface area contributed by atoms with Crippen LogP contribution in [0.1, 0.15) is 37.3 Å². The van der Waals surface area contributed by atoms with Crippen molar-refractivity contribution in [3.63, 3.8) is 0 Å². The van der Waals surface area contributed by atoms with Crippen molar-refractivity contribution < 1.29 is 5.11 Å². The van der Waals surface area contributed by atoms with Gasteiger partial charge in [0.05, 0.1) is 6.10 Å². The van der Waals surface area contributed by atoms with Gasteiger partial charge in [0, 0.05) is 55.7 Å². The molecule has 164 valence electrons. The number of hydrogen-bond acceptors (Lipinski definition) is 7. The molecule has 31 heavy (non-hydrogen) atoms. The smallest absolute Gasteiger partial charge is 0.260 e. The summed E-state index contributed by atoms with van der Waals surface area (Å²) in [6.07, 6.45) is 4.35. The Morgan fingerprint density at radius 3 is 2.55 bits per heavy atom. The maximum absolute atomic E-state index is 13.7. The second-order valence-electron chi connectivity index (χ2n) is 9.06. The van der Waals surface area contributed by atoms with Crippen LogP contribution in [0, 0.1) is 0 Å². The second-order valence-corrected chi connectivity index (χ2v) is 9.06. The highest BCUT2D eigenvalue weighted by molar-refractivity contribution is 6.04. The molecule has 0 atom stereocenters. The number of nitrogens with zero attached hydrogens (tertiary/aromatic N) is 5. The van der Waals surface area contributed by atoms with Crippen LogP contribution in [0.15, 0.2) is 29.2 Å². The minimum atomic E-state index is -0.284. The summed E-state index contributed by atoms with van der Waals surface area (Å²) < 4.78 is 1.81. The molecule has 1 aromatic carbocycles. The minimum absolute atomic E-state index is 0.0124. The van der Waals surface area contributed by atoms with Crippen molar-refractivity contribution in [1.29, 1.82) is 0 Å². The topological polar surface area (TPSA) is 101 Å². The standard InChI is InChI=1S/C23H30N6O2/c1-27-8-10-28(11-9-27)14-15-2-7-18-19(12-15)22(31)29(16-3-5-17(30)6-4-16)21-20(18)13-25-23(24)26-21/h2,7,12-13,16-17,30H,3-6,8-11,14H2,1H3,(H2,24,25,26)/t16-,17-. The Hall–Kier alpha value is -2.55. The highest BCUT2D eigenvalue weighted by Gasteiger charge is 2.25. The van der Waals surface area contributed by atoms with Crippen molar-refractivity contribution in [1.82, 2.24) is 24.3 Å². The fourth-order valence-electron chi connectivity index (χ4n) is 5.01. The molecule has 2 aliphatic rings. The number of piperazine rings is 1. The molecular weight excluding hydrogens is 392 g/mol. The first-order valence-corrected chi connectivity index (χ1v) is 11.2. The first-order valence-electron chi connectivity index (χ1n) is 11.2. The lowest BCUT2D eigenvalue weighted by molar-refractivity contribution is 0.111. The molecule has 3 heterocycles. The van der Waals surface area contributed by atoms with Crippen molar-refractivity contribution in [2.24, 2.45) is 0 Å². The number of benzene rings is 1. The highest BCUT2D eigenvalue weighted by Crippen LogP contribution is 2.32. The van der Waals surface area contributed by atoms with Crippen LogP contribution in [0.4, 0.5) is 5.95 Å². The van der Waals surface area contributed by atoms with Gasteiger partial charge >= 0.3 is 0 Å². The summed E-state index contributed by atoms with van der Waals surface area (Å²) in [5, 5.41) is 12.4. The van der Waals surface area contributed by atoms with Crippen LogP contribution in [0.25, 0.3) is 21.8 Å². The zero-order valence-corrected chi connectivity index (χ0v) is 18.0. The van der Waals surface area contributed by atoms with Crippen molar-refractivity contribution >= 4 is 27.8 Å². The van der Waals surface area contributed by atoms with E-state index >= 15 is 0 Å². The number of nitrogen functional groups attached to an aromatic ring is 1. The third-order valence-corrected chi connectivity index (χ3v) is 6.87. The molecular formula is C23H30N6O2. The van der Waals surface area contributed by atoms with Crippen molar-refractivity contribution in [3.05, 3.63) is 40.3 Å². The number of aliphatic hydroxyl groups is 1. The van der Waals surface area contributed by atoms with E-state index in [0.29, 0.717) is 23.9 Å². The molecule has 0 unspecified atom stereocenters. The summed E-state index contributed by atoms with van der Waals surface area (Å²) in [5.41, 5.74) is 7.61. The van der Waals surface area contributed by atoms with Crippen LogP contribution in [-0.2, 0) is 6.54 Å². The molecule has 2 fully saturated rings. The number of likely N-dealkylation sites (N-methyl/N-ethyl adjacent to an activating group) is 1. The molecule has 1 saturated carbocycles. The highest BCUT2D eigenvalue weighted by atomic mass is 16.3. The molecule has 5 rings (SSSR count). The lowest BCUT2D eigenvalue weighted by Crippen LogP contribution is -2.43. The van der Waals surface area contributed by atoms with E-state index in [9.17, 15) is 9.90 Å². The molecule has 0 radical (unpaired) electrons. The fraction of sp³-hybridized carbons (Fsp3) is 0.522. The third-order valence-electron chi connectivity index (χ3n) is 6.87. The number of aromatic nitrogens is 3. The average molecular weight is 423 g/mol. The molecule has 0 amide bonds. The predicted molar refractivity (Wildman–Crippen MR) is 122 cm³/mol. The first kappa shape index (κ1) is 20.4. The van der Waals surface area contributed by atoms with Gasteiger partial charge in [-0.15, -0.1) is 0 Å². The molecule has 2 aromatic heterocycles. The number of pyridine rings is 1. The third kappa shape index (κ3) is 3.91. The molecule has 8 heteroatoms. The summed E-state index contributed by atoms with van der Waals surface area (Å²) in [6.45, 7) is 5.05. The van der Waals surface area contributed by atoms with Gasteiger partial charge in [-0.2, -0.15) is 4.98 Å². The lowest BCUT2D eigenvalue weighted by atomic mass is 9.92. The van der Waals surface area contributed by atoms with Crippen LogP contribution in [0.2, 0.25) is 0 Å². The average Bonchev–Trinajstić information content (AvgIpc) is 2.77. The van der Waals surface area contributed by atoms with Crippen LogP contribution in [-0.4, -0.2) is 68.8 Å². The Labute approximate surface area is 181 Å². The van der Waals surface area contributed by atoms with Gasteiger partial charge in [0.15, 0.2) is 0 Å². The fourth-order valence-corrected chi connectivity index (χ4v) is 5.01. The number of rotatable bonds is 3. The van der Waals surface area contributed by atoms with E-state index in [-0.39, 0.29) is 23.7 Å². The van der Waals surface area contributed by atoms with Crippen LogP contribution in [0.3, 0.4) is 0 Å². The SMILES string of the molecule is CN1CCN(Cc2ccc3c(c2)c(=O)n([C@H]2CC[C@H](O)CC2)c2nc(N)ncc32)CC1. The second kappa shape index (κ2) is 8.18. The summed E-state index contributed by atoms with van der Waals surface area (Å²) in [4.78, 5) is 27.1. The van der Waals surface area contributed by atoms with Gasteiger partial charge in [0.2, 0.25) is 5.95 Å². The number of anilines is 1. The Bertz CT molecular complexity index is 1160. The van der Waals surface area contributed by atoms with Crippen molar-refractivity contribution in [3.8, 4) is 0 Å². The molecule has 8 nitrogen and oxygen atoms in total. The maximum Gasteiger partial charge on any atom is 0.260 e. The summed E-state index contributed by atoms with van der Waals surface area (Å²) >= 11 is 0. The first-order chi connectivity index (χ1) is 15.0. The van der Waals surface area contributed by atoms with E-state index in [1.165, 1.54) is 0 Å². The Kier molecular flexibility index (Phi) is 5.37. The Balaban J connectivity index is 1.61. The van der Waals surface area contributed by atoms with E-state index in [1.54, 1.807) is 10.8 Å². The van der Waals surface area contributed by atoms with E-state index in [4.69, 9.17) is 5.73 Å². The molecule has 0 spiro atoms. The Morgan fingerprint density at radius 1 is 1.06 bits per heavy atom. The minimum Gasteiger partial charge on any atom is -0.393 e. The van der Waals surface area contributed by atoms with Gasteiger partial charge < -0.3 is 15.7 Å². The van der Waals surface area contributed by atoms with Gasteiger partial charge in [-0.25, -0.2) is 4.98 Å². The molecule has 3 N–H and O–H groups in total. The zero-order valence-electron chi connectivity index (χ0n) is 18.0. The monoisotopic (exact) mass is 422 g/mol. The van der Waals surface area contributed by atoms with E-state index in [2.05, 4.69) is 32.9 Å². The molecule has 1 aliphatic heterocycles. The van der Waals surface area contributed by atoms with Crippen LogP contribution in [0.5, 0.6) is 0 Å². The quantitative estimate of drug-likeness (QED) is 0.620. The van der Waals surface area contributed by atoms with Gasteiger partial charge in [0.1, 0.15) is 5.65 Å². The number of nitrogens with two attached hydrogens (primary N) is 1. The van der Waals surface area contributed by atoms with E-state index in [1.807, 2.05) is 12.1 Å². The maximum atomic E-state index is 13.7.